The van der Waals surface area contributed by atoms with Gasteiger partial charge in [-0.2, -0.15) is 15.5 Å². The molecule has 98 valence electrons. The second-order valence-corrected chi connectivity index (χ2v) is 4.21. The van der Waals surface area contributed by atoms with Crippen LogP contribution in [-0.4, -0.2) is 26.5 Å². The molecule has 0 aliphatic rings. The van der Waals surface area contributed by atoms with Crippen LogP contribution in [0.2, 0.25) is 0 Å². The van der Waals surface area contributed by atoms with Crippen LogP contribution >= 0.6 is 0 Å². The summed E-state index contributed by atoms with van der Waals surface area (Å²) in [6.45, 7) is 4.92. The second kappa shape index (κ2) is 5.35. The van der Waals surface area contributed by atoms with Gasteiger partial charge < -0.3 is 11.1 Å². The van der Waals surface area contributed by atoms with Crippen molar-refractivity contribution in [2.75, 3.05) is 17.6 Å². The minimum atomic E-state index is 0.505. The molecule has 0 atom stereocenters. The van der Waals surface area contributed by atoms with Crippen LogP contribution in [0.15, 0.2) is 12.4 Å². The van der Waals surface area contributed by atoms with Gasteiger partial charge in [0.2, 0.25) is 0 Å². The summed E-state index contributed by atoms with van der Waals surface area (Å²) in [5.41, 5.74) is 8.35. The summed E-state index contributed by atoms with van der Waals surface area (Å²) in [6.07, 6.45) is 3.34. The molecule has 3 N–H and O–H groups in total. The monoisotopic (exact) mass is 257 g/mol. The first-order valence-corrected chi connectivity index (χ1v) is 5.87. The largest absolute Gasteiger partial charge is 0.396 e. The quantitative estimate of drug-likeness (QED) is 0.841. The van der Waals surface area contributed by atoms with Gasteiger partial charge in [0.25, 0.3) is 0 Å². The fraction of sp³-hybridized carbons (Fsp3) is 0.333. The van der Waals surface area contributed by atoms with Crippen molar-refractivity contribution in [2.24, 2.45) is 0 Å². The Labute approximate surface area is 111 Å². The number of hydrogen-bond donors (Lipinski definition) is 2. The summed E-state index contributed by atoms with van der Waals surface area (Å²) in [6, 6.07) is 2.15. The Bertz CT molecular complexity index is 623. The van der Waals surface area contributed by atoms with Crippen LogP contribution < -0.4 is 11.1 Å². The van der Waals surface area contributed by atoms with Crippen molar-refractivity contribution in [2.45, 2.75) is 20.4 Å². The highest BCUT2D eigenvalue weighted by Crippen LogP contribution is 2.16. The van der Waals surface area contributed by atoms with Gasteiger partial charge in [0.15, 0.2) is 5.82 Å². The van der Waals surface area contributed by atoms with Crippen LogP contribution in [0, 0.1) is 25.2 Å². The number of nitrogen functional groups attached to an aromatic ring is 1. The SMILES string of the molecule is Cc1nnc(NCCn2cc(N)cn2)c(C#N)c1C. The fourth-order valence-corrected chi connectivity index (χ4v) is 1.66. The Morgan fingerprint density at radius 1 is 1.42 bits per heavy atom. The molecule has 7 nitrogen and oxygen atoms in total. The molecule has 0 spiro atoms. The average Bonchev–Trinajstić information content (AvgIpc) is 2.80. The van der Waals surface area contributed by atoms with Crippen molar-refractivity contribution in [3.8, 4) is 6.07 Å². The summed E-state index contributed by atoms with van der Waals surface area (Å²) >= 11 is 0. The van der Waals surface area contributed by atoms with E-state index < -0.39 is 0 Å². The lowest BCUT2D eigenvalue weighted by molar-refractivity contribution is 0.636. The van der Waals surface area contributed by atoms with Crippen LogP contribution in [-0.2, 0) is 6.54 Å². The zero-order valence-electron chi connectivity index (χ0n) is 10.9. The summed E-state index contributed by atoms with van der Waals surface area (Å²) in [5.74, 6) is 0.505. The molecule has 2 aromatic heterocycles. The number of anilines is 2. The van der Waals surface area contributed by atoms with Gasteiger partial charge in [-0.1, -0.05) is 0 Å². The molecule has 2 rings (SSSR count). The molecular formula is C12H15N7. The van der Waals surface area contributed by atoms with Gasteiger partial charge >= 0.3 is 0 Å². The van der Waals surface area contributed by atoms with Crippen LogP contribution in [0.5, 0.6) is 0 Å². The molecule has 7 heteroatoms. The van der Waals surface area contributed by atoms with Crippen molar-refractivity contribution >= 4 is 11.5 Å². The maximum Gasteiger partial charge on any atom is 0.166 e. The molecule has 2 heterocycles. The fourth-order valence-electron chi connectivity index (χ4n) is 1.66. The predicted molar refractivity (Wildman–Crippen MR) is 71.4 cm³/mol. The molecule has 0 unspecified atom stereocenters. The lowest BCUT2D eigenvalue weighted by atomic mass is 10.1. The Balaban J connectivity index is 2.04. The van der Waals surface area contributed by atoms with E-state index in [4.69, 9.17) is 11.0 Å². The Kier molecular flexibility index (Phi) is 3.61. The average molecular weight is 257 g/mol. The van der Waals surface area contributed by atoms with Gasteiger partial charge in [-0.05, 0) is 19.4 Å². The van der Waals surface area contributed by atoms with Gasteiger partial charge in [0, 0.05) is 12.7 Å². The topological polar surface area (TPSA) is 105 Å². The number of nitrogens with zero attached hydrogens (tertiary/aromatic N) is 5. The van der Waals surface area contributed by atoms with Gasteiger partial charge in [-0.3, -0.25) is 4.68 Å². The number of nitrogens with two attached hydrogens (primary N) is 1. The Hall–Kier alpha value is -2.62. The van der Waals surface area contributed by atoms with Crippen LogP contribution in [0.1, 0.15) is 16.8 Å². The van der Waals surface area contributed by atoms with Crippen LogP contribution in [0.3, 0.4) is 0 Å². The minimum absolute atomic E-state index is 0.505. The molecule has 0 radical (unpaired) electrons. The zero-order valence-corrected chi connectivity index (χ0v) is 10.9. The molecule has 0 aromatic carbocycles. The molecule has 19 heavy (non-hydrogen) atoms. The third-order valence-electron chi connectivity index (χ3n) is 2.85. The van der Waals surface area contributed by atoms with Gasteiger partial charge in [0.1, 0.15) is 11.6 Å². The summed E-state index contributed by atoms with van der Waals surface area (Å²) in [4.78, 5) is 0. The van der Waals surface area contributed by atoms with Crippen molar-refractivity contribution in [3.63, 3.8) is 0 Å². The van der Waals surface area contributed by atoms with E-state index in [1.165, 1.54) is 0 Å². The van der Waals surface area contributed by atoms with E-state index in [-0.39, 0.29) is 0 Å². The van der Waals surface area contributed by atoms with E-state index in [0.29, 0.717) is 30.2 Å². The lowest BCUT2D eigenvalue weighted by Gasteiger charge is -2.09. The number of nitriles is 1. The Morgan fingerprint density at radius 3 is 2.84 bits per heavy atom. The van der Waals surface area contributed by atoms with Crippen molar-refractivity contribution in [1.82, 2.24) is 20.0 Å². The number of hydrogen-bond acceptors (Lipinski definition) is 6. The zero-order chi connectivity index (χ0) is 13.8. The first-order valence-electron chi connectivity index (χ1n) is 5.87. The normalized spacial score (nSPS) is 10.2. The highest BCUT2D eigenvalue weighted by Gasteiger charge is 2.10. The van der Waals surface area contributed by atoms with Crippen molar-refractivity contribution < 1.29 is 0 Å². The third kappa shape index (κ3) is 2.80. The third-order valence-corrected chi connectivity index (χ3v) is 2.85. The first kappa shape index (κ1) is 12.8. The van der Waals surface area contributed by atoms with Crippen LogP contribution in [0.25, 0.3) is 0 Å². The van der Waals surface area contributed by atoms with E-state index in [1.54, 1.807) is 17.1 Å². The van der Waals surface area contributed by atoms with Crippen molar-refractivity contribution in [3.05, 3.63) is 29.2 Å². The molecule has 0 amide bonds. The van der Waals surface area contributed by atoms with E-state index >= 15 is 0 Å². The lowest BCUT2D eigenvalue weighted by Crippen LogP contribution is -2.14. The van der Waals surface area contributed by atoms with Crippen LogP contribution in [0.4, 0.5) is 11.5 Å². The molecule has 0 bridgehead atoms. The minimum Gasteiger partial charge on any atom is -0.396 e. The molecule has 0 aliphatic heterocycles. The smallest absolute Gasteiger partial charge is 0.166 e. The summed E-state index contributed by atoms with van der Waals surface area (Å²) in [5, 5.41) is 24.3. The maximum absolute atomic E-state index is 9.15. The van der Waals surface area contributed by atoms with Crippen molar-refractivity contribution in [1.29, 1.82) is 5.26 Å². The number of aromatic nitrogens is 4. The van der Waals surface area contributed by atoms with Gasteiger partial charge in [-0.15, -0.1) is 5.10 Å². The molecule has 0 saturated carbocycles. The molecule has 0 saturated heterocycles. The standard InChI is InChI=1S/C12H15N7/c1-8-9(2)17-18-12(11(8)5-13)15-3-4-19-7-10(14)6-16-19/h6-7H,3-4,14H2,1-2H3,(H,15,18). The number of rotatable bonds is 4. The predicted octanol–water partition coefficient (Wildman–Crippen LogP) is 0.856. The Morgan fingerprint density at radius 2 is 2.21 bits per heavy atom. The molecule has 0 aliphatic carbocycles. The maximum atomic E-state index is 9.15. The first-order chi connectivity index (χ1) is 9.11. The second-order valence-electron chi connectivity index (χ2n) is 4.21. The summed E-state index contributed by atoms with van der Waals surface area (Å²) < 4.78 is 1.73. The highest BCUT2D eigenvalue weighted by atomic mass is 15.3. The number of nitrogens with one attached hydrogen (secondary N) is 1. The van der Waals surface area contributed by atoms with Gasteiger partial charge in [-0.25, -0.2) is 0 Å². The van der Waals surface area contributed by atoms with E-state index in [0.717, 1.165) is 11.3 Å². The van der Waals surface area contributed by atoms with E-state index in [2.05, 4.69) is 26.7 Å². The van der Waals surface area contributed by atoms with E-state index in [9.17, 15) is 0 Å². The summed E-state index contributed by atoms with van der Waals surface area (Å²) in [7, 11) is 0. The molecule has 0 fully saturated rings. The van der Waals surface area contributed by atoms with Gasteiger partial charge in [0.05, 0.1) is 24.1 Å². The molecular weight excluding hydrogens is 242 g/mol. The highest BCUT2D eigenvalue weighted by molar-refractivity contribution is 5.55. The number of aryl methyl sites for hydroxylation is 1. The molecule has 2 aromatic rings. The van der Waals surface area contributed by atoms with E-state index in [1.807, 2.05) is 13.8 Å².